The minimum absolute atomic E-state index is 0.0756. The zero-order valence-corrected chi connectivity index (χ0v) is 28.1. The molecule has 1 heterocycles. The van der Waals surface area contributed by atoms with E-state index in [1.165, 1.54) is 46.9 Å². The molecular weight excluding hydrogens is 672 g/mol. The van der Waals surface area contributed by atoms with Crippen LogP contribution in [-0.4, -0.2) is 50.7 Å². The van der Waals surface area contributed by atoms with E-state index in [9.17, 15) is 21.6 Å². The van der Waals surface area contributed by atoms with Crippen LogP contribution in [0.5, 0.6) is 0 Å². The van der Waals surface area contributed by atoms with Crippen LogP contribution in [0, 0.1) is 0 Å². The Hall–Kier alpha value is -4.59. The Morgan fingerprint density at radius 2 is 1.25 bits per heavy atom. The molecule has 0 atom stereocenters. The smallest absolute Gasteiger partial charge is 0.255 e. The first-order valence-electron chi connectivity index (χ1n) is 14.9. The highest BCUT2D eigenvalue weighted by molar-refractivity contribution is 7.89. The van der Waals surface area contributed by atoms with Crippen molar-refractivity contribution >= 4 is 43.8 Å². The number of hydrogen-bond donors (Lipinski definition) is 1. The lowest BCUT2D eigenvalue weighted by Gasteiger charge is -2.21. The number of carbonyl (C=O) groups is 1. The van der Waals surface area contributed by atoms with Gasteiger partial charge in [-0.3, -0.25) is 4.79 Å². The van der Waals surface area contributed by atoms with Crippen LogP contribution in [0.2, 0.25) is 5.02 Å². The van der Waals surface area contributed by atoms with E-state index >= 15 is 0 Å². The zero-order valence-electron chi connectivity index (χ0n) is 25.7. The van der Waals surface area contributed by atoms with E-state index in [4.69, 9.17) is 16.0 Å². The fraction of sp³-hybridized carbons (Fsp3) is 0.143. The number of sulfonamides is 2. The van der Waals surface area contributed by atoms with E-state index in [1.54, 1.807) is 30.3 Å². The monoisotopic (exact) mass is 704 g/mol. The molecule has 1 N–H and O–H groups in total. The Bertz CT molecular complexity index is 2040. The number of carbonyl (C=O) groups excluding carboxylic acids is 1. The minimum Gasteiger partial charge on any atom is -0.459 e. The molecule has 0 saturated heterocycles. The van der Waals surface area contributed by atoms with Gasteiger partial charge in [0.05, 0.1) is 29.1 Å². The predicted molar refractivity (Wildman–Crippen MR) is 184 cm³/mol. The first-order valence-corrected chi connectivity index (χ1v) is 18.2. The number of benzene rings is 4. The van der Waals surface area contributed by atoms with Crippen molar-refractivity contribution < 1.29 is 26.0 Å². The number of rotatable bonds is 15. The molecule has 0 unspecified atom stereocenters. The molecule has 0 aliphatic heterocycles. The number of nitrogens with zero attached hydrogens (tertiary/aromatic N) is 3. The molecule has 13 heteroatoms. The molecule has 48 heavy (non-hydrogen) atoms. The van der Waals surface area contributed by atoms with E-state index in [-0.39, 0.29) is 35.2 Å². The van der Waals surface area contributed by atoms with E-state index in [0.717, 1.165) is 15.4 Å². The highest BCUT2D eigenvalue weighted by Gasteiger charge is 2.27. The molecule has 4 aromatic carbocycles. The Kier molecular flexibility index (Phi) is 11.6. The first kappa shape index (κ1) is 34.7. The topological polar surface area (TPSA) is 129 Å². The van der Waals surface area contributed by atoms with Gasteiger partial charge in [-0.15, -0.1) is 0 Å². The molecular formula is C35H33ClN4O6S2. The number of furan rings is 1. The van der Waals surface area contributed by atoms with Gasteiger partial charge in [-0.1, -0.05) is 90.5 Å². The summed E-state index contributed by atoms with van der Waals surface area (Å²) >= 11 is 5.98. The van der Waals surface area contributed by atoms with Crippen LogP contribution in [0.25, 0.3) is 0 Å². The van der Waals surface area contributed by atoms with Gasteiger partial charge in [-0.25, -0.2) is 22.3 Å². The van der Waals surface area contributed by atoms with Crippen LogP contribution in [0.15, 0.2) is 147 Å². The maximum Gasteiger partial charge on any atom is 0.255 e. The summed E-state index contributed by atoms with van der Waals surface area (Å²) < 4.78 is 62.3. The Balaban J connectivity index is 1.26. The second kappa shape index (κ2) is 16.0. The van der Waals surface area contributed by atoms with E-state index in [2.05, 4.69) is 10.5 Å². The summed E-state index contributed by atoms with van der Waals surface area (Å²) in [4.78, 5) is 13.0. The molecule has 0 radical (unpaired) electrons. The Labute approximate surface area is 285 Å². The molecule has 0 fully saturated rings. The molecule has 0 saturated carbocycles. The van der Waals surface area contributed by atoms with E-state index in [1.807, 2.05) is 60.7 Å². The summed E-state index contributed by atoms with van der Waals surface area (Å²) in [6, 6.07) is 35.7. The van der Waals surface area contributed by atoms with Crippen molar-refractivity contribution in [3.8, 4) is 0 Å². The van der Waals surface area contributed by atoms with Gasteiger partial charge in [0.25, 0.3) is 5.91 Å². The Morgan fingerprint density at radius 1 is 0.688 bits per heavy atom. The van der Waals surface area contributed by atoms with E-state index in [0.29, 0.717) is 17.2 Å². The molecule has 0 aliphatic rings. The van der Waals surface area contributed by atoms with Crippen LogP contribution in [0.1, 0.15) is 22.6 Å². The second-order valence-corrected chi connectivity index (χ2v) is 15.0. The predicted octanol–water partition coefficient (Wildman–Crippen LogP) is 5.71. The minimum atomic E-state index is -3.97. The number of halogens is 1. The van der Waals surface area contributed by atoms with Gasteiger partial charge in [0, 0.05) is 18.1 Å². The van der Waals surface area contributed by atoms with Crippen molar-refractivity contribution in [2.45, 2.75) is 29.3 Å². The largest absolute Gasteiger partial charge is 0.459 e. The van der Waals surface area contributed by atoms with Gasteiger partial charge < -0.3 is 4.42 Å². The highest BCUT2D eigenvalue weighted by atomic mass is 35.5. The quantitative estimate of drug-likeness (QED) is 0.110. The van der Waals surface area contributed by atoms with Crippen molar-refractivity contribution in [3.63, 3.8) is 0 Å². The summed E-state index contributed by atoms with van der Waals surface area (Å²) in [5.41, 5.74) is 4.09. The van der Waals surface area contributed by atoms with Crippen LogP contribution < -0.4 is 5.43 Å². The SMILES string of the molecule is O=C(CN(CCc1ccccc1)S(=O)(=O)c1ccccc1)N/N=C\c1ccc(CN(Cc2ccccc2)S(=O)(=O)c2ccc(Cl)cc2)o1. The van der Waals surface area contributed by atoms with Gasteiger partial charge in [0.1, 0.15) is 11.5 Å². The molecule has 0 aliphatic carbocycles. The van der Waals surface area contributed by atoms with Gasteiger partial charge >= 0.3 is 0 Å². The van der Waals surface area contributed by atoms with Gasteiger partial charge in [-0.05, 0) is 66.1 Å². The summed E-state index contributed by atoms with van der Waals surface area (Å²) in [6.07, 6.45) is 1.67. The summed E-state index contributed by atoms with van der Waals surface area (Å²) in [5, 5.41) is 4.37. The fourth-order valence-electron chi connectivity index (χ4n) is 4.78. The zero-order chi connectivity index (χ0) is 34.0. The van der Waals surface area contributed by atoms with Gasteiger partial charge in [-0.2, -0.15) is 13.7 Å². The third-order valence-electron chi connectivity index (χ3n) is 7.24. The summed E-state index contributed by atoms with van der Waals surface area (Å²) in [7, 11) is -7.90. The van der Waals surface area contributed by atoms with Crippen LogP contribution in [-0.2, 0) is 44.4 Å². The third kappa shape index (κ3) is 9.27. The van der Waals surface area contributed by atoms with Crippen molar-refractivity contribution in [1.82, 2.24) is 14.0 Å². The molecule has 1 aromatic heterocycles. The lowest BCUT2D eigenvalue weighted by atomic mass is 10.1. The standard InChI is InChI=1S/C35H33ClN4O6S2/c36-30-16-20-34(21-17-30)48(44,45)40(25-29-12-6-2-7-13-29)26-32-19-18-31(46-32)24-37-38-35(41)27-39(23-22-28-10-4-1-5-11-28)47(42,43)33-14-8-3-9-15-33/h1-21,24H,22-23,25-27H2,(H,38,41)/b37-24-. The maximum atomic E-state index is 13.6. The third-order valence-corrected chi connectivity index (χ3v) is 11.2. The average Bonchev–Trinajstić information content (AvgIpc) is 3.54. The van der Waals surface area contributed by atoms with Crippen molar-refractivity contribution in [2.24, 2.45) is 5.10 Å². The van der Waals surface area contributed by atoms with Crippen LogP contribution >= 0.6 is 11.6 Å². The molecule has 5 rings (SSSR count). The number of hydrogen-bond acceptors (Lipinski definition) is 7. The van der Waals surface area contributed by atoms with Gasteiger partial charge in [0.15, 0.2) is 0 Å². The normalized spacial score (nSPS) is 12.1. The molecule has 5 aromatic rings. The number of amides is 1. The first-order chi connectivity index (χ1) is 23.1. The number of nitrogens with one attached hydrogen (secondary N) is 1. The van der Waals surface area contributed by atoms with Gasteiger partial charge in [0.2, 0.25) is 20.0 Å². The second-order valence-electron chi connectivity index (χ2n) is 10.7. The van der Waals surface area contributed by atoms with E-state index < -0.39 is 32.5 Å². The fourth-order valence-corrected chi connectivity index (χ4v) is 7.72. The van der Waals surface area contributed by atoms with Crippen molar-refractivity contribution in [2.75, 3.05) is 13.1 Å². The Morgan fingerprint density at radius 3 is 1.90 bits per heavy atom. The van der Waals surface area contributed by atoms with Crippen LogP contribution in [0.4, 0.5) is 0 Å². The average molecular weight is 705 g/mol. The lowest BCUT2D eigenvalue weighted by molar-refractivity contribution is -0.121. The maximum absolute atomic E-state index is 13.6. The van der Waals surface area contributed by atoms with Crippen molar-refractivity contribution in [3.05, 3.63) is 155 Å². The van der Waals surface area contributed by atoms with Crippen molar-refractivity contribution in [1.29, 1.82) is 0 Å². The molecule has 0 spiro atoms. The molecule has 0 bridgehead atoms. The molecule has 10 nitrogen and oxygen atoms in total. The summed E-state index contributed by atoms with van der Waals surface area (Å²) in [5.74, 6) is -0.0438. The molecule has 248 valence electrons. The highest BCUT2D eigenvalue weighted by Crippen LogP contribution is 2.23. The summed E-state index contributed by atoms with van der Waals surface area (Å²) in [6.45, 7) is -0.355. The van der Waals surface area contributed by atoms with Crippen LogP contribution in [0.3, 0.4) is 0 Å². The lowest BCUT2D eigenvalue weighted by Crippen LogP contribution is -2.40. The number of hydrazone groups is 1. The molecule has 1 amide bonds.